The molecule has 2 N–H and O–H groups in total. The zero-order chi connectivity index (χ0) is 15.2. The van der Waals surface area contributed by atoms with Crippen molar-refractivity contribution in [1.29, 1.82) is 0 Å². The zero-order valence-corrected chi connectivity index (χ0v) is 13.6. The molecule has 1 atom stereocenters. The smallest absolute Gasteiger partial charge is 0.239 e. The lowest BCUT2D eigenvalue weighted by atomic mass is 10.1. The van der Waals surface area contributed by atoms with Crippen molar-refractivity contribution in [3.8, 4) is 5.88 Å². The molecule has 0 aromatic carbocycles. The van der Waals surface area contributed by atoms with E-state index in [1.165, 1.54) is 25.7 Å². The summed E-state index contributed by atoms with van der Waals surface area (Å²) in [6, 6.07) is 4.54. The van der Waals surface area contributed by atoms with Gasteiger partial charge >= 0.3 is 0 Å². The van der Waals surface area contributed by atoms with E-state index in [0.29, 0.717) is 30.1 Å². The molecule has 0 spiro atoms. The van der Waals surface area contributed by atoms with Gasteiger partial charge in [-0.2, -0.15) is 4.98 Å². The van der Waals surface area contributed by atoms with Crippen LogP contribution in [-0.2, 0) is 0 Å². The summed E-state index contributed by atoms with van der Waals surface area (Å²) in [6.07, 6.45) is 6.29. The van der Waals surface area contributed by atoms with Crippen LogP contribution in [0.3, 0.4) is 0 Å². The Morgan fingerprint density at radius 3 is 2.86 bits per heavy atom. The average Bonchev–Trinajstić information content (AvgIpc) is 2.71. The predicted molar refractivity (Wildman–Crippen MR) is 88.9 cm³/mol. The minimum atomic E-state index is 0.469. The van der Waals surface area contributed by atoms with E-state index in [9.17, 15) is 0 Å². The summed E-state index contributed by atoms with van der Waals surface area (Å²) >= 11 is 0. The molecule has 2 rings (SSSR count). The molecule has 1 aromatic rings. The van der Waals surface area contributed by atoms with Gasteiger partial charge in [-0.05, 0) is 37.3 Å². The normalized spacial score (nSPS) is 19.6. The third kappa shape index (κ3) is 4.26. The van der Waals surface area contributed by atoms with Crippen molar-refractivity contribution in [1.82, 2.24) is 4.98 Å². The van der Waals surface area contributed by atoms with Crippen molar-refractivity contribution in [2.75, 3.05) is 23.8 Å². The Bertz CT molecular complexity index is 448. The maximum Gasteiger partial charge on any atom is 0.239 e. The molecule has 0 aliphatic carbocycles. The monoisotopic (exact) mass is 291 g/mol. The number of nitrogens with two attached hydrogens (primary N) is 1. The molecule has 0 bridgehead atoms. The summed E-state index contributed by atoms with van der Waals surface area (Å²) in [7, 11) is 0. The van der Waals surface area contributed by atoms with E-state index >= 15 is 0 Å². The van der Waals surface area contributed by atoms with E-state index in [1.807, 2.05) is 12.1 Å². The van der Waals surface area contributed by atoms with Gasteiger partial charge in [-0.25, -0.2) is 0 Å². The van der Waals surface area contributed by atoms with E-state index in [1.54, 1.807) is 0 Å². The summed E-state index contributed by atoms with van der Waals surface area (Å²) in [5.41, 5.74) is 6.62. The predicted octanol–water partition coefficient (Wildman–Crippen LogP) is 3.86. The molecule has 4 nitrogen and oxygen atoms in total. The summed E-state index contributed by atoms with van der Waals surface area (Å²) < 4.78 is 5.77. The lowest BCUT2D eigenvalue weighted by molar-refractivity contribution is 0.263. The van der Waals surface area contributed by atoms with Gasteiger partial charge in [0.15, 0.2) is 0 Å². The van der Waals surface area contributed by atoms with E-state index < -0.39 is 0 Å². The van der Waals surface area contributed by atoms with Crippen LogP contribution in [0.25, 0.3) is 0 Å². The quantitative estimate of drug-likeness (QED) is 0.895. The molecule has 21 heavy (non-hydrogen) atoms. The zero-order valence-electron chi connectivity index (χ0n) is 13.6. The van der Waals surface area contributed by atoms with Gasteiger partial charge in [0, 0.05) is 12.6 Å². The van der Waals surface area contributed by atoms with E-state index in [0.717, 1.165) is 18.8 Å². The van der Waals surface area contributed by atoms with E-state index in [4.69, 9.17) is 10.5 Å². The van der Waals surface area contributed by atoms with Gasteiger partial charge < -0.3 is 15.4 Å². The number of rotatable bonds is 5. The third-order valence-corrected chi connectivity index (χ3v) is 4.07. The molecular weight excluding hydrogens is 262 g/mol. The Hall–Kier alpha value is -1.45. The van der Waals surface area contributed by atoms with E-state index in [-0.39, 0.29) is 0 Å². The summed E-state index contributed by atoms with van der Waals surface area (Å²) in [6.45, 7) is 8.25. The maximum atomic E-state index is 6.00. The first kappa shape index (κ1) is 15.9. The molecule has 0 amide bonds. The minimum absolute atomic E-state index is 0.469. The molecule has 1 fully saturated rings. The number of nitrogens with zero attached hydrogens (tertiary/aromatic N) is 2. The molecule has 1 aliphatic heterocycles. The fourth-order valence-electron chi connectivity index (χ4n) is 2.87. The molecular formula is C17H29N3O. The maximum absolute atomic E-state index is 6.00. The van der Waals surface area contributed by atoms with Gasteiger partial charge in [0.25, 0.3) is 0 Å². The second kappa shape index (κ2) is 7.53. The molecule has 2 heterocycles. The average molecular weight is 291 g/mol. The molecule has 4 heteroatoms. The van der Waals surface area contributed by atoms with Gasteiger partial charge in [0.05, 0.1) is 12.3 Å². The van der Waals surface area contributed by atoms with Crippen LogP contribution in [0.5, 0.6) is 5.88 Å². The largest absolute Gasteiger partial charge is 0.476 e. The second-order valence-electron chi connectivity index (χ2n) is 6.37. The highest BCUT2D eigenvalue weighted by Crippen LogP contribution is 2.28. The number of pyridine rings is 1. The van der Waals surface area contributed by atoms with Crippen LogP contribution in [0.1, 0.15) is 52.9 Å². The van der Waals surface area contributed by atoms with Gasteiger partial charge in [0.1, 0.15) is 5.82 Å². The second-order valence-corrected chi connectivity index (χ2v) is 6.37. The van der Waals surface area contributed by atoms with Crippen LogP contribution in [0, 0.1) is 5.92 Å². The number of aromatic nitrogens is 1. The molecule has 1 unspecified atom stereocenters. The van der Waals surface area contributed by atoms with Crippen molar-refractivity contribution >= 4 is 11.5 Å². The molecule has 118 valence electrons. The summed E-state index contributed by atoms with van der Waals surface area (Å²) in [5, 5.41) is 0. The van der Waals surface area contributed by atoms with Crippen LogP contribution < -0.4 is 15.4 Å². The Morgan fingerprint density at radius 2 is 2.14 bits per heavy atom. The Morgan fingerprint density at radius 1 is 1.33 bits per heavy atom. The number of anilines is 2. The number of ether oxygens (including phenoxy) is 1. The van der Waals surface area contributed by atoms with Gasteiger partial charge in [-0.3, -0.25) is 0 Å². The number of hydrogen-bond donors (Lipinski definition) is 1. The molecule has 1 saturated heterocycles. The van der Waals surface area contributed by atoms with Crippen molar-refractivity contribution in [2.45, 2.75) is 58.9 Å². The van der Waals surface area contributed by atoms with Crippen molar-refractivity contribution in [3.63, 3.8) is 0 Å². The Labute approximate surface area is 128 Å². The molecule has 0 radical (unpaired) electrons. The first-order valence-corrected chi connectivity index (χ1v) is 8.27. The first-order chi connectivity index (χ1) is 10.1. The SMILES string of the molecule is CCC1CCCCCN1c1ccc(N)c(OCC(C)C)n1. The third-order valence-electron chi connectivity index (χ3n) is 4.07. The van der Waals surface area contributed by atoms with Gasteiger partial charge in [-0.1, -0.05) is 33.6 Å². The van der Waals surface area contributed by atoms with Crippen molar-refractivity contribution in [2.24, 2.45) is 5.92 Å². The van der Waals surface area contributed by atoms with Crippen molar-refractivity contribution in [3.05, 3.63) is 12.1 Å². The Balaban J connectivity index is 2.19. The molecule has 1 aromatic heterocycles. The fourth-order valence-corrected chi connectivity index (χ4v) is 2.87. The van der Waals surface area contributed by atoms with Gasteiger partial charge in [0.2, 0.25) is 5.88 Å². The molecule has 0 saturated carbocycles. The summed E-state index contributed by atoms with van der Waals surface area (Å²) in [5.74, 6) is 2.06. The van der Waals surface area contributed by atoms with Crippen molar-refractivity contribution < 1.29 is 4.74 Å². The lowest BCUT2D eigenvalue weighted by Crippen LogP contribution is -2.35. The minimum Gasteiger partial charge on any atom is -0.476 e. The number of hydrogen-bond acceptors (Lipinski definition) is 4. The van der Waals surface area contributed by atoms with E-state index in [2.05, 4.69) is 30.7 Å². The highest BCUT2D eigenvalue weighted by Gasteiger charge is 2.21. The Kier molecular flexibility index (Phi) is 5.71. The highest BCUT2D eigenvalue weighted by atomic mass is 16.5. The van der Waals surface area contributed by atoms with Crippen LogP contribution in [0.2, 0.25) is 0 Å². The van der Waals surface area contributed by atoms with Crippen LogP contribution in [0.4, 0.5) is 11.5 Å². The van der Waals surface area contributed by atoms with Gasteiger partial charge in [-0.15, -0.1) is 0 Å². The highest BCUT2D eigenvalue weighted by molar-refractivity contribution is 5.55. The lowest BCUT2D eigenvalue weighted by Gasteiger charge is -2.30. The molecule has 1 aliphatic rings. The topological polar surface area (TPSA) is 51.4 Å². The van der Waals surface area contributed by atoms with Crippen LogP contribution >= 0.6 is 0 Å². The summed E-state index contributed by atoms with van der Waals surface area (Å²) in [4.78, 5) is 7.13. The number of nitrogen functional groups attached to an aromatic ring is 1. The van der Waals surface area contributed by atoms with Crippen LogP contribution in [0.15, 0.2) is 12.1 Å². The fraction of sp³-hybridized carbons (Fsp3) is 0.706. The van der Waals surface area contributed by atoms with Crippen LogP contribution in [-0.4, -0.2) is 24.2 Å². The standard InChI is InChI=1S/C17H29N3O/c1-4-14-8-6-5-7-11-20(14)16-10-9-15(18)17(19-16)21-12-13(2)3/h9-10,13-14H,4-8,11-12,18H2,1-3H3. The first-order valence-electron chi connectivity index (χ1n) is 8.27.